The van der Waals surface area contributed by atoms with Crippen LogP contribution >= 0.6 is 0 Å². The summed E-state index contributed by atoms with van der Waals surface area (Å²) in [6.45, 7) is 2.28. The SMILES string of the molecule is CCc1ccc([C@H](CC(=O)c2ccc3c(c2)OCO3)Nc2ccc(F)cc2)cc1. The maximum atomic E-state index is 13.3. The molecule has 0 aromatic heterocycles. The molecule has 3 aromatic carbocycles. The number of hydrogen-bond acceptors (Lipinski definition) is 4. The molecule has 1 heterocycles. The molecule has 1 atom stereocenters. The van der Waals surface area contributed by atoms with Crippen molar-refractivity contribution in [3.63, 3.8) is 0 Å². The van der Waals surface area contributed by atoms with E-state index in [1.807, 2.05) is 12.1 Å². The first-order chi connectivity index (χ1) is 14.1. The standard InChI is InChI=1S/C24H22FNO3/c1-2-16-3-5-17(6-4-16)21(26-20-10-8-19(25)9-11-20)14-22(27)18-7-12-23-24(13-18)29-15-28-23/h3-13,21,26H,2,14-15H2,1H3/t21-/m0/s1. The van der Waals surface area contributed by atoms with Crippen LogP contribution in [0.25, 0.3) is 0 Å². The van der Waals surface area contributed by atoms with Crippen LogP contribution < -0.4 is 14.8 Å². The van der Waals surface area contributed by atoms with Crippen LogP contribution in [0.1, 0.15) is 40.9 Å². The lowest BCUT2D eigenvalue weighted by atomic mass is 9.96. The average Bonchev–Trinajstić information content (AvgIpc) is 3.23. The van der Waals surface area contributed by atoms with E-state index in [1.54, 1.807) is 30.3 Å². The molecule has 5 heteroatoms. The van der Waals surface area contributed by atoms with Gasteiger partial charge in [0.25, 0.3) is 0 Å². The third-order valence-corrected chi connectivity index (χ3v) is 5.06. The molecular weight excluding hydrogens is 369 g/mol. The van der Waals surface area contributed by atoms with E-state index in [0.29, 0.717) is 17.1 Å². The molecule has 1 aliphatic heterocycles. The first-order valence-corrected chi connectivity index (χ1v) is 9.66. The third-order valence-electron chi connectivity index (χ3n) is 5.06. The zero-order valence-corrected chi connectivity index (χ0v) is 16.2. The van der Waals surface area contributed by atoms with Crippen molar-refractivity contribution in [2.45, 2.75) is 25.8 Å². The summed E-state index contributed by atoms with van der Waals surface area (Å²) in [4.78, 5) is 13.0. The molecule has 4 nitrogen and oxygen atoms in total. The van der Waals surface area contributed by atoms with E-state index in [4.69, 9.17) is 9.47 Å². The summed E-state index contributed by atoms with van der Waals surface area (Å²) in [5.74, 6) is 0.933. The summed E-state index contributed by atoms with van der Waals surface area (Å²) in [5, 5.41) is 3.37. The number of anilines is 1. The van der Waals surface area contributed by atoms with Crippen LogP contribution in [-0.4, -0.2) is 12.6 Å². The van der Waals surface area contributed by atoms with Crippen molar-refractivity contribution in [2.24, 2.45) is 0 Å². The van der Waals surface area contributed by atoms with Crippen molar-refractivity contribution in [1.29, 1.82) is 0 Å². The highest BCUT2D eigenvalue weighted by molar-refractivity contribution is 5.97. The fourth-order valence-electron chi connectivity index (χ4n) is 3.36. The average molecular weight is 391 g/mol. The molecule has 0 spiro atoms. The monoisotopic (exact) mass is 391 g/mol. The molecule has 1 N–H and O–H groups in total. The molecule has 0 amide bonds. The van der Waals surface area contributed by atoms with Crippen LogP contribution in [0.2, 0.25) is 0 Å². The van der Waals surface area contributed by atoms with Crippen molar-refractivity contribution < 1.29 is 18.7 Å². The minimum Gasteiger partial charge on any atom is -0.454 e. The second-order valence-electron chi connectivity index (χ2n) is 6.99. The Kier molecular flexibility index (Phi) is 5.47. The largest absolute Gasteiger partial charge is 0.454 e. The Hall–Kier alpha value is -3.34. The first-order valence-electron chi connectivity index (χ1n) is 9.66. The molecule has 29 heavy (non-hydrogen) atoms. The Morgan fingerprint density at radius 3 is 2.45 bits per heavy atom. The second kappa shape index (κ2) is 8.35. The Morgan fingerprint density at radius 1 is 1.00 bits per heavy atom. The van der Waals surface area contributed by atoms with Gasteiger partial charge in [-0.1, -0.05) is 31.2 Å². The molecule has 0 aliphatic carbocycles. The molecular formula is C24H22FNO3. The van der Waals surface area contributed by atoms with E-state index in [9.17, 15) is 9.18 Å². The number of ketones is 1. The second-order valence-corrected chi connectivity index (χ2v) is 6.99. The van der Waals surface area contributed by atoms with Gasteiger partial charge in [-0.3, -0.25) is 4.79 Å². The quantitative estimate of drug-likeness (QED) is 0.537. The molecule has 4 rings (SSSR count). The predicted octanol–water partition coefficient (Wildman–Crippen LogP) is 5.54. The van der Waals surface area contributed by atoms with Gasteiger partial charge in [-0.25, -0.2) is 4.39 Å². The fraction of sp³-hybridized carbons (Fsp3) is 0.208. The van der Waals surface area contributed by atoms with Gasteiger partial charge in [-0.05, 0) is 60.0 Å². The molecule has 0 saturated carbocycles. The molecule has 1 aliphatic rings. The smallest absolute Gasteiger partial charge is 0.231 e. The number of hydrogen-bond donors (Lipinski definition) is 1. The van der Waals surface area contributed by atoms with Gasteiger partial charge in [0.15, 0.2) is 17.3 Å². The Morgan fingerprint density at radius 2 is 1.72 bits per heavy atom. The Balaban J connectivity index is 1.58. The van der Waals surface area contributed by atoms with E-state index in [2.05, 4.69) is 24.4 Å². The lowest BCUT2D eigenvalue weighted by Crippen LogP contribution is -2.16. The van der Waals surface area contributed by atoms with Crippen LogP contribution in [0.3, 0.4) is 0 Å². The van der Waals surface area contributed by atoms with Gasteiger partial charge in [0.1, 0.15) is 5.82 Å². The number of aryl methyl sites for hydroxylation is 1. The molecule has 148 valence electrons. The number of benzene rings is 3. The highest BCUT2D eigenvalue weighted by Gasteiger charge is 2.20. The normalized spacial score (nSPS) is 13.2. The highest BCUT2D eigenvalue weighted by Crippen LogP contribution is 2.33. The summed E-state index contributed by atoms with van der Waals surface area (Å²) < 4.78 is 24.0. The van der Waals surface area contributed by atoms with Crippen molar-refractivity contribution in [3.05, 3.63) is 89.2 Å². The van der Waals surface area contributed by atoms with Gasteiger partial charge in [0, 0.05) is 17.7 Å². The zero-order chi connectivity index (χ0) is 20.2. The van der Waals surface area contributed by atoms with Crippen molar-refractivity contribution >= 4 is 11.5 Å². The van der Waals surface area contributed by atoms with Crippen molar-refractivity contribution in [3.8, 4) is 11.5 Å². The van der Waals surface area contributed by atoms with Gasteiger partial charge in [0.2, 0.25) is 6.79 Å². The number of carbonyl (C=O) groups is 1. The van der Waals surface area contributed by atoms with E-state index >= 15 is 0 Å². The highest BCUT2D eigenvalue weighted by atomic mass is 19.1. The number of nitrogens with one attached hydrogen (secondary N) is 1. The van der Waals surface area contributed by atoms with Crippen LogP contribution in [0.5, 0.6) is 11.5 Å². The molecule has 0 unspecified atom stereocenters. The lowest BCUT2D eigenvalue weighted by Gasteiger charge is -2.20. The van der Waals surface area contributed by atoms with Crippen LogP contribution in [0, 0.1) is 5.82 Å². The summed E-state index contributed by atoms with van der Waals surface area (Å²) in [6, 6.07) is 19.3. The zero-order valence-electron chi connectivity index (χ0n) is 16.2. The van der Waals surface area contributed by atoms with Gasteiger partial charge in [-0.15, -0.1) is 0 Å². The molecule has 0 fully saturated rings. The van der Waals surface area contributed by atoms with Crippen LogP contribution in [0.15, 0.2) is 66.7 Å². The topological polar surface area (TPSA) is 47.6 Å². The van der Waals surface area contributed by atoms with E-state index in [1.165, 1.54) is 17.7 Å². The van der Waals surface area contributed by atoms with Gasteiger partial charge < -0.3 is 14.8 Å². The molecule has 0 bridgehead atoms. The van der Waals surface area contributed by atoms with Crippen molar-refractivity contribution in [1.82, 2.24) is 0 Å². The minimum atomic E-state index is -0.296. The first kappa shape index (κ1) is 19.0. The number of fused-ring (bicyclic) bond motifs is 1. The number of carbonyl (C=O) groups excluding carboxylic acids is 1. The molecule has 0 saturated heterocycles. The van der Waals surface area contributed by atoms with E-state index in [0.717, 1.165) is 17.7 Å². The fourth-order valence-corrected chi connectivity index (χ4v) is 3.36. The van der Waals surface area contributed by atoms with Crippen LogP contribution in [-0.2, 0) is 6.42 Å². The molecule has 3 aromatic rings. The van der Waals surface area contributed by atoms with Crippen LogP contribution in [0.4, 0.5) is 10.1 Å². The Labute approximate surface area is 169 Å². The summed E-state index contributed by atoms with van der Waals surface area (Å²) in [6.07, 6.45) is 1.20. The van der Waals surface area contributed by atoms with E-state index in [-0.39, 0.29) is 30.9 Å². The number of rotatable bonds is 7. The number of Topliss-reactive ketones (excluding diaryl/α,β-unsaturated/α-hetero) is 1. The number of ether oxygens (including phenoxy) is 2. The Bertz CT molecular complexity index is 1000. The predicted molar refractivity (Wildman–Crippen MR) is 110 cm³/mol. The van der Waals surface area contributed by atoms with Crippen molar-refractivity contribution in [2.75, 3.05) is 12.1 Å². The maximum Gasteiger partial charge on any atom is 0.231 e. The van der Waals surface area contributed by atoms with E-state index < -0.39 is 0 Å². The summed E-state index contributed by atoms with van der Waals surface area (Å²) >= 11 is 0. The summed E-state index contributed by atoms with van der Waals surface area (Å²) in [7, 11) is 0. The van der Waals surface area contributed by atoms with Gasteiger partial charge in [-0.2, -0.15) is 0 Å². The lowest BCUT2D eigenvalue weighted by molar-refractivity contribution is 0.0976. The minimum absolute atomic E-state index is 0.0116. The molecule has 0 radical (unpaired) electrons. The maximum absolute atomic E-state index is 13.3. The van der Waals surface area contributed by atoms with Gasteiger partial charge in [0.05, 0.1) is 6.04 Å². The number of halogens is 1. The third kappa shape index (κ3) is 4.40. The summed E-state index contributed by atoms with van der Waals surface area (Å²) in [5.41, 5.74) is 3.57. The van der Waals surface area contributed by atoms with Gasteiger partial charge >= 0.3 is 0 Å².